The molecule has 0 spiro atoms. The third kappa shape index (κ3) is 5.19. The van der Waals surface area contributed by atoms with E-state index in [2.05, 4.69) is 26.2 Å². The fraction of sp³-hybridized carbons (Fsp3) is 0.700. The summed E-state index contributed by atoms with van der Waals surface area (Å²) in [7, 11) is 1.81. The standard InChI is InChI=1S/C20H33N5O3/c1-3-27-20(26)25-13-11-24(12-14-25)19(21-2)22-16-17(18-8-7-15-28-18)23-9-5-4-6-10-23/h7-8,15,17H,3-6,9-14,16H2,1-2H3,(H,21,22). The number of amides is 1. The molecule has 0 aromatic carbocycles. The average molecular weight is 392 g/mol. The molecule has 2 fully saturated rings. The van der Waals surface area contributed by atoms with Crippen LogP contribution in [-0.4, -0.2) is 86.2 Å². The Labute approximate surface area is 167 Å². The summed E-state index contributed by atoms with van der Waals surface area (Å²) >= 11 is 0. The largest absolute Gasteiger partial charge is 0.468 e. The molecule has 1 N–H and O–H groups in total. The van der Waals surface area contributed by atoms with E-state index >= 15 is 0 Å². The van der Waals surface area contributed by atoms with Crippen molar-refractivity contribution in [2.24, 2.45) is 4.99 Å². The number of guanidine groups is 1. The Morgan fingerprint density at radius 1 is 1.18 bits per heavy atom. The van der Waals surface area contributed by atoms with Gasteiger partial charge in [-0.1, -0.05) is 6.42 Å². The third-order valence-electron chi connectivity index (χ3n) is 5.47. The molecule has 8 heteroatoms. The normalized spacial score (nSPS) is 20.1. The molecular formula is C20H33N5O3. The van der Waals surface area contributed by atoms with Crippen LogP contribution in [0.3, 0.4) is 0 Å². The van der Waals surface area contributed by atoms with Gasteiger partial charge in [-0.2, -0.15) is 0 Å². The summed E-state index contributed by atoms with van der Waals surface area (Å²) in [5.74, 6) is 1.87. The Balaban J connectivity index is 1.55. The van der Waals surface area contributed by atoms with Crippen LogP contribution in [0.5, 0.6) is 0 Å². The van der Waals surface area contributed by atoms with E-state index in [9.17, 15) is 4.79 Å². The van der Waals surface area contributed by atoms with Gasteiger partial charge >= 0.3 is 6.09 Å². The van der Waals surface area contributed by atoms with Crippen LogP contribution in [0.1, 0.15) is 38.0 Å². The fourth-order valence-corrected chi connectivity index (χ4v) is 3.96. The van der Waals surface area contributed by atoms with Crippen molar-refractivity contribution in [3.8, 4) is 0 Å². The molecular weight excluding hydrogens is 358 g/mol. The molecule has 0 aliphatic carbocycles. The number of ether oxygens (including phenoxy) is 1. The molecule has 1 amide bonds. The topological polar surface area (TPSA) is 73.5 Å². The number of aliphatic imine (C=N–C) groups is 1. The summed E-state index contributed by atoms with van der Waals surface area (Å²) in [6, 6.07) is 4.21. The lowest BCUT2D eigenvalue weighted by molar-refractivity contribution is 0.0911. The maximum absolute atomic E-state index is 11.9. The molecule has 3 rings (SSSR count). The van der Waals surface area contributed by atoms with Crippen molar-refractivity contribution >= 4 is 12.1 Å². The van der Waals surface area contributed by atoms with Crippen LogP contribution in [0, 0.1) is 0 Å². The highest BCUT2D eigenvalue weighted by molar-refractivity contribution is 5.80. The number of likely N-dealkylation sites (tertiary alicyclic amines) is 1. The third-order valence-corrected chi connectivity index (χ3v) is 5.47. The molecule has 1 atom stereocenters. The van der Waals surface area contributed by atoms with Crippen LogP contribution in [0.15, 0.2) is 27.8 Å². The zero-order valence-electron chi connectivity index (χ0n) is 17.1. The molecule has 2 aliphatic rings. The zero-order valence-corrected chi connectivity index (χ0v) is 17.1. The molecule has 2 aliphatic heterocycles. The lowest BCUT2D eigenvalue weighted by Crippen LogP contribution is -2.54. The number of carbonyl (C=O) groups is 1. The summed E-state index contributed by atoms with van der Waals surface area (Å²) in [6.45, 7) is 7.97. The maximum Gasteiger partial charge on any atom is 0.409 e. The number of piperazine rings is 1. The first-order valence-corrected chi connectivity index (χ1v) is 10.4. The van der Waals surface area contributed by atoms with Gasteiger partial charge in [-0.25, -0.2) is 4.79 Å². The molecule has 28 heavy (non-hydrogen) atoms. The zero-order chi connectivity index (χ0) is 19.8. The summed E-state index contributed by atoms with van der Waals surface area (Å²) in [5.41, 5.74) is 0. The molecule has 1 aromatic rings. The van der Waals surface area contributed by atoms with Gasteiger partial charge in [0.05, 0.1) is 18.9 Å². The lowest BCUT2D eigenvalue weighted by atomic mass is 10.1. The Morgan fingerprint density at radius 3 is 2.50 bits per heavy atom. The average Bonchev–Trinajstić information content (AvgIpc) is 3.27. The molecule has 0 radical (unpaired) electrons. The Hall–Kier alpha value is -2.22. The predicted octanol–water partition coefficient (Wildman–Crippen LogP) is 2.16. The van der Waals surface area contributed by atoms with Crippen LogP contribution < -0.4 is 5.32 Å². The molecule has 1 unspecified atom stereocenters. The van der Waals surface area contributed by atoms with Gasteiger partial charge in [0.25, 0.3) is 0 Å². The first-order chi connectivity index (χ1) is 13.7. The SMILES string of the molecule is CCOC(=O)N1CCN(C(=NC)NCC(c2ccco2)N2CCCCC2)CC1. The number of furan rings is 1. The van der Waals surface area contributed by atoms with Gasteiger partial charge < -0.3 is 24.3 Å². The van der Waals surface area contributed by atoms with Gasteiger partial charge in [0.15, 0.2) is 5.96 Å². The van der Waals surface area contributed by atoms with E-state index in [-0.39, 0.29) is 12.1 Å². The fourth-order valence-electron chi connectivity index (χ4n) is 3.96. The molecule has 3 heterocycles. The molecule has 8 nitrogen and oxygen atoms in total. The van der Waals surface area contributed by atoms with Crippen LogP contribution in [0.2, 0.25) is 0 Å². The van der Waals surface area contributed by atoms with E-state index in [0.29, 0.717) is 19.7 Å². The van der Waals surface area contributed by atoms with Gasteiger partial charge in [-0.05, 0) is 45.0 Å². The van der Waals surface area contributed by atoms with Gasteiger partial charge in [-0.3, -0.25) is 9.89 Å². The van der Waals surface area contributed by atoms with E-state index < -0.39 is 0 Å². The monoisotopic (exact) mass is 391 g/mol. The second-order valence-corrected chi connectivity index (χ2v) is 7.23. The van der Waals surface area contributed by atoms with Crippen molar-refractivity contribution in [2.75, 3.05) is 59.5 Å². The van der Waals surface area contributed by atoms with Crippen molar-refractivity contribution in [1.29, 1.82) is 0 Å². The number of nitrogens with one attached hydrogen (secondary N) is 1. The van der Waals surface area contributed by atoms with E-state index in [0.717, 1.165) is 44.4 Å². The van der Waals surface area contributed by atoms with Crippen LogP contribution >= 0.6 is 0 Å². The summed E-state index contributed by atoms with van der Waals surface area (Å²) in [6.07, 6.45) is 5.30. The smallest absolute Gasteiger partial charge is 0.409 e. The number of carbonyl (C=O) groups excluding carboxylic acids is 1. The summed E-state index contributed by atoms with van der Waals surface area (Å²) in [4.78, 5) is 22.8. The minimum atomic E-state index is -0.229. The predicted molar refractivity (Wildman–Crippen MR) is 108 cm³/mol. The number of hydrogen-bond acceptors (Lipinski definition) is 5. The first-order valence-electron chi connectivity index (χ1n) is 10.4. The van der Waals surface area contributed by atoms with E-state index in [1.165, 1.54) is 19.3 Å². The maximum atomic E-state index is 11.9. The number of rotatable bonds is 5. The minimum Gasteiger partial charge on any atom is -0.468 e. The Kier molecular flexibility index (Phi) is 7.59. The van der Waals surface area contributed by atoms with Gasteiger partial charge in [0.1, 0.15) is 5.76 Å². The lowest BCUT2D eigenvalue weighted by Gasteiger charge is -2.37. The highest BCUT2D eigenvalue weighted by Crippen LogP contribution is 2.24. The van der Waals surface area contributed by atoms with Crippen LogP contribution in [0.4, 0.5) is 4.79 Å². The van der Waals surface area contributed by atoms with Crippen molar-refractivity contribution in [3.63, 3.8) is 0 Å². The van der Waals surface area contributed by atoms with Crippen molar-refractivity contribution < 1.29 is 13.9 Å². The van der Waals surface area contributed by atoms with Gasteiger partial charge in [-0.15, -0.1) is 0 Å². The number of piperidine rings is 1. The summed E-state index contributed by atoms with van der Waals surface area (Å²) in [5, 5.41) is 3.53. The van der Waals surface area contributed by atoms with E-state index in [4.69, 9.17) is 9.15 Å². The van der Waals surface area contributed by atoms with Gasteiger partial charge in [0, 0.05) is 39.8 Å². The van der Waals surface area contributed by atoms with E-state index in [1.807, 2.05) is 20.0 Å². The Bertz CT molecular complexity index is 620. The van der Waals surface area contributed by atoms with Crippen molar-refractivity contribution in [3.05, 3.63) is 24.2 Å². The highest BCUT2D eigenvalue weighted by Gasteiger charge is 2.27. The second-order valence-electron chi connectivity index (χ2n) is 7.23. The molecule has 1 aromatic heterocycles. The van der Waals surface area contributed by atoms with Crippen molar-refractivity contribution in [1.82, 2.24) is 20.0 Å². The number of nitrogens with zero attached hydrogens (tertiary/aromatic N) is 4. The molecule has 2 saturated heterocycles. The molecule has 156 valence electrons. The Morgan fingerprint density at radius 2 is 1.89 bits per heavy atom. The number of hydrogen-bond donors (Lipinski definition) is 1. The van der Waals surface area contributed by atoms with Gasteiger partial charge in [0.2, 0.25) is 0 Å². The van der Waals surface area contributed by atoms with Crippen LogP contribution in [0.25, 0.3) is 0 Å². The molecule has 0 bridgehead atoms. The highest BCUT2D eigenvalue weighted by atomic mass is 16.6. The first kappa shape index (κ1) is 20.5. The molecule has 0 saturated carbocycles. The second kappa shape index (κ2) is 10.4. The minimum absolute atomic E-state index is 0.202. The van der Waals surface area contributed by atoms with Crippen LogP contribution in [-0.2, 0) is 4.74 Å². The van der Waals surface area contributed by atoms with Crippen molar-refractivity contribution in [2.45, 2.75) is 32.2 Å². The quantitative estimate of drug-likeness (QED) is 0.613. The summed E-state index contributed by atoms with van der Waals surface area (Å²) < 4.78 is 10.8. The van der Waals surface area contributed by atoms with E-state index in [1.54, 1.807) is 11.2 Å².